The van der Waals surface area contributed by atoms with Crippen molar-refractivity contribution in [2.45, 2.75) is 39.0 Å². The molecule has 0 unspecified atom stereocenters. The zero-order chi connectivity index (χ0) is 14.5. The maximum atomic E-state index is 11.6. The lowest BCUT2D eigenvalue weighted by molar-refractivity contribution is -0.121. The van der Waals surface area contributed by atoms with Gasteiger partial charge in [-0.05, 0) is 14.1 Å². The van der Waals surface area contributed by atoms with Crippen LogP contribution in [0.25, 0.3) is 0 Å². The van der Waals surface area contributed by atoms with Gasteiger partial charge in [0, 0.05) is 36.7 Å². The Morgan fingerprint density at radius 1 is 1.42 bits per heavy atom. The molecule has 1 heterocycles. The molecule has 4 nitrogen and oxygen atoms in total. The first-order chi connectivity index (χ1) is 8.79. The quantitative estimate of drug-likeness (QED) is 0.869. The second-order valence-corrected chi connectivity index (χ2v) is 6.97. The molecule has 1 aromatic rings. The molecule has 1 amide bonds. The number of carbonyl (C=O) groups excluding carboxylic acids is 1. The third-order valence-electron chi connectivity index (χ3n) is 2.77. The fraction of sp³-hybridized carbons (Fsp3) is 0.714. The SMILES string of the molecule is CN(C)CCNC(=O)CCc1nc(C(C)(C)C)cs1. The van der Waals surface area contributed by atoms with Crippen LogP contribution in [0.1, 0.15) is 37.9 Å². The van der Waals surface area contributed by atoms with Gasteiger partial charge in [0.1, 0.15) is 0 Å². The summed E-state index contributed by atoms with van der Waals surface area (Å²) in [5, 5.41) is 6.06. The lowest BCUT2D eigenvalue weighted by Crippen LogP contribution is -2.31. The van der Waals surface area contributed by atoms with Crippen molar-refractivity contribution < 1.29 is 4.79 Å². The largest absolute Gasteiger partial charge is 0.355 e. The molecule has 0 spiro atoms. The Kier molecular flexibility index (Phi) is 5.94. The second-order valence-electron chi connectivity index (χ2n) is 6.03. The first-order valence-electron chi connectivity index (χ1n) is 6.65. The van der Waals surface area contributed by atoms with E-state index in [0.717, 1.165) is 23.7 Å². The van der Waals surface area contributed by atoms with Gasteiger partial charge in [-0.25, -0.2) is 4.98 Å². The third-order valence-corrected chi connectivity index (χ3v) is 3.68. The summed E-state index contributed by atoms with van der Waals surface area (Å²) in [6.07, 6.45) is 1.25. The molecule has 1 rings (SSSR count). The van der Waals surface area contributed by atoms with E-state index in [1.54, 1.807) is 11.3 Å². The molecular weight excluding hydrogens is 258 g/mol. The Hall–Kier alpha value is -0.940. The molecule has 0 fully saturated rings. The molecular formula is C14H25N3OS. The Labute approximate surface area is 120 Å². The molecule has 0 bridgehead atoms. The van der Waals surface area contributed by atoms with Crippen molar-refractivity contribution in [3.63, 3.8) is 0 Å². The predicted molar refractivity (Wildman–Crippen MR) is 80.7 cm³/mol. The Balaban J connectivity index is 2.32. The van der Waals surface area contributed by atoms with Gasteiger partial charge in [-0.2, -0.15) is 0 Å². The highest BCUT2D eigenvalue weighted by atomic mass is 32.1. The second kappa shape index (κ2) is 7.01. The molecule has 0 aliphatic rings. The fourth-order valence-electron chi connectivity index (χ4n) is 1.50. The number of rotatable bonds is 6. The molecule has 0 saturated carbocycles. The molecule has 0 atom stereocenters. The average Bonchev–Trinajstić information content (AvgIpc) is 2.74. The topological polar surface area (TPSA) is 45.2 Å². The summed E-state index contributed by atoms with van der Waals surface area (Å²) in [4.78, 5) is 18.3. The van der Waals surface area contributed by atoms with Gasteiger partial charge in [0.15, 0.2) is 0 Å². The maximum absolute atomic E-state index is 11.6. The molecule has 1 aromatic heterocycles. The first kappa shape index (κ1) is 16.1. The number of carbonyl (C=O) groups is 1. The van der Waals surface area contributed by atoms with Gasteiger partial charge in [0.2, 0.25) is 5.91 Å². The summed E-state index contributed by atoms with van der Waals surface area (Å²) < 4.78 is 0. The van der Waals surface area contributed by atoms with Gasteiger partial charge in [-0.1, -0.05) is 20.8 Å². The van der Waals surface area contributed by atoms with Crippen molar-refractivity contribution in [3.8, 4) is 0 Å². The van der Waals surface area contributed by atoms with Crippen LogP contribution in [-0.4, -0.2) is 43.0 Å². The first-order valence-corrected chi connectivity index (χ1v) is 7.53. The van der Waals surface area contributed by atoms with E-state index < -0.39 is 0 Å². The van der Waals surface area contributed by atoms with Crippen LogP contribution >= 0.6 is 11.3 Å². The van der Waals surface area contributed by atoms with E-state index in [2.05, 4.69) is 41.4 Å². The van der Waals surface area contributed by atoms with Crippen molar-refractivity contribution >= 4 is 17.2 Å². The normalized spacial score (nSPS) is 11.9. The molecule has 0 aromatic carbocycles. The predicted octanol–water partition coefficient (Wildman–Crippen LogP) is 2.05. The minimum Gasteiger partial charge on any atom is -0.355 e. The summed E-state index contributed by atoms with van der Waals surface area (Å²) in [5.41, 5.74) is 1.20. The van der Waals surface area contributed by atoms with E-state index in [1.165, 1.54) is 0 Å². The molecule has 0 aliphatic heterocycles. The standard InChI is InChI=1S/C14H25N3OS/c1-14(2,3)11-10-19-13(16-11)7-6-12(18)15-8-9-17(4)5/h10H,6-9H2,1-5H3,(H,15,18). The van der Waals surface area contributed by atoms with Gasteiger partial charge in [-0.3, -0.25) is 4.79 Å². The van der Waals surface area contributed by atoms with Crippen molar-refractivity contribution in [3.05, 3.63) is 16.1 Å². The van der Waals surface area contributed by atoms with Crippen LogP contribution in [0, 0.1) is 0 Å². The van der Waals surface area contributed by atoms with Crippen LogP contribution in [0.4, 0.5) is 0 Å². The maximum Gasteiger partial charge on any atom is 0.220 e. The summed E-state index contributed by atoms with van der Waals surface area (Å²) in [6, 6.07) is 0. The van der Waals surface area contributed by atoms with E-state index >= 15 is 0 Å². The van der Waals surface area contributed by atoms with E-state index in [4.69, 9.17) is 0 Å². The molecule has 0 radical (unpaired) electrons. The average molecular weight is 283 g/mol. The summed E-state index contributed by atoms with van der Waals surface area (Å²) in [6.45, 7) is 8.04. The number of nitrogens with one attached hydrogen (secondary N) is 1. The van der Waals surface area contributed by atoms with Crippen molar-refractivity contribution in [2.75, 3.05) is 27.2 Å². The van der Waals surface area contributed by atoms with Crippen LogP contribution in [0.2, 0.25) is 0 Å². The van der Waals surface area contributed by atoms with E-state index in [9.17, 15) is 4.79 Å². The highest BCUT2D eigenvalue weighted by Gasteiger charge is 2.17. The zero-order valence-corrected chi connectivity index (χ0v) is 13.4. The number of thiazole rings is 1. The highest BCUT2D eigenvalue weighted by molar-refractivity contribution is 7.09. The lowest BCUT2D eigenvalue weighted by atomic mass is 9.93. The lowest BCUT2D eigenvalue weighted by Gasteiger charge is -2.14. The molecule has 108 valence electrons. The number of hydrogen-bond acceptors (Lipinski definition) is 4. The van der Waals surface area contributed by atoms with Crippen LogP contribution in [0.3, 0.4) is 0 Å². The van der Waals surface area contributed by atoms with Crippen LogP contribution in [-0.2, 0) is 16.6 Å². The third kappa shape index (κ3) is 6.16. The molecule has 5 heteroatoms. The van der Waals surface area contributed by atoms with E-state index in [-0.39, 0.29) is 11.3 Å². The number of aryl methyl sites for hydroxylation is 1. The number of likely N-dealkylation sites (N-methyl/N-ethyl adjacent to an activating group) is 1. The van der Waals surface area contributed by atoms with Gasteiger partial charge in [0.25, 0.3) is 0 Å². The number of aromatic nitrogens is 1. The summed E-state index contributed by atoms with van der Waals surface area (Å²) in [5.74, 6) is 0.106. The monoisotopic (exact) mass is 283 g/mol. The van der Waals surface area contributed by atoms with Crippen molar-refractivity contribution in [2.24, 2.45) is 0 Å². The number of amides is 1. The molecule has 0 saturated heterocycles. The minimum atomic E-state index is 0.0860. The highest BCUT2D eigenvalue weighted by Crippen LogP contribution is 2.24. The minimum absolute atomic E-state index is 0.0860. The molecule has 19 heavy (non-hydrogen) atoms. The Bertz CT molecular complexity index is 407. The molecule has 0 aliphatic carbocycles. The van der Waals surface area contributed by atoms with Gasteiger partial charge < -0.3 is 10.2 Å². The van der Waals surface area contributed by atoms with Gasteiger partial charge in [-0.15, -0.1) is 11.3 Å². The number of hydrogen-bond donors (Lipinski definition) is 1. The Morgan fingerprint density at radius 2 is 2.11 bits per heavy atom. The van der Waals surface area contributed by atoms with Gasteiger partial charge in [0.05, 0.1) is 10.7 Å². The zero-order valence-electron chi connectivity index (χ0n) is 12.6. The molecule has 1 N–H and O–H groups in total. The summed E-state index contributed by atoms with van der Waals surface area (Å²) in [7, 11) is 3.99. The van der Waals surface area contributed by atoms with Crippen LogP contribution in [0.15, 0.2) is 5.38 Å². The summed E-state index contributed by atoms with van der Waals surface area (Å²) >= 11 is 1.65. The van der Waals surface area contributed by atoms with Crippen LogP contribution < -0.4 is 5.32 Å². The smallest absolute Gasteiger partial charge is 0.220 e. The fourth-order valence-corrected chi connectivity index (χ4v) is 2.52. The van der Waals surface area contributed by atoms with Gasteiger partial charge >= 0.3 is 0 Å². The number of nitrogens with zero attached hydrogens (tertiary/aromatic N) is 2. The van der Waals surface area contributed by atoms with E-state index in [0.29, 0.717) is 13.0 Å². The van der Waals surface area contributed by atoms with Crippen LogP contribution in [0.5, 0.6) is 0 Å². The van der Waals surface area contributed by atoms with Crippen molar-refractivity contribution in [1.29, 1.82) is 0 Å². The van der Waals surface area contributed by atoms with Crippen molar-refractivity contribution in [1.82, 2.24) is 15.2 Å². The van der Waals surface area contributed by atoms with E-state index in [1.807, 2.05) is 14.1 Å². The Morgan fingerprint density at radius 3 is 2.63 bits per heavy atom.